The standard InChI is InChI=1S/C12H11BrN2O3/c1-17-7-3-4-9(13)8(5-7)10-6-11(15-14-10)12(16)18-2/h3-6H,1-2H3,(H,14,15). The van der Waals surface area contributed by atoms with E-state index in [-0.39, 0.29) is 0 Å². The van der Waals surface area contributed by atoms with Crippen molar-refractivity contribution < 1.29 is 14.3 Å². The lowest BCUT2D eigenvalue weighted by atomic mass is 10.1. The summed E-state index contributed by atoms with van der Waals surface area (Å²) in [4.78, 5) is 11.3. The Morgan fingerprint density at radius 2 is 2.11 bits per heavy atom. The fourth-order valence-electron chi connectivity index (χ4n) is 1.50. The number of ether oxygens (including phenoxy) is 2. The molecule has 6 heteroatoms. The zero-order valence-electron chi connectivity index (χ0n) is 9.86. The van der Waals surface area contributed by atoms with E-state index in [0.29, 0.717) is 11.4 Å². The molecular weight excluding hydrogens is 300 g/mol. The van der Waals surface area contributed by atoms with E-state index in [1.807, 2.05) is 18.2 Å². The van der Waals surface area contributed by atoms with E-state index in [1.165, 1.54) is 7.11 Å². The Morgan fingerprint density at radius 3 is 2.78 bits per heavy atom. The van der Waals surface area contributed by atoms with E-state index >= 15 is 0 Å². The van der Waals surface area contributed by atoms with Crippen LogP contribution >= 0.6 is 15.9 Å². The lowest BCUT2D eigenvalue weighted by molar-refractivity contribution is 0.0594. The van der Waals surface area contributed by atoms with Gasteiger partial charge in [-0.25, -0.2) is 4.79 Å². The number of aromatic nitrogens is 2. The van der Waals surface area contributed by atoms with Crippen LogP contribution in [-0.2, 0) is 4.74 Å². The van der Waals surface area contributed by atoms with Crippen LogP contribution in [0.5, 0.6) is 5.75 Å². The molecule has 2 aromatic rings. The second-order valence-electron chi connectivity index (χ2n) is 3.50. The maximum absolute atomic E-state index is 11.3. The van der Waals surface area contributed by atoms with Crippen molar-refractivity contribution in [2.24, 2.45) is 0 Å². The number of hydrogen-bond acceptors (Lipinski definition) is 4. The molecule has 1 N–H and O–H groups in total. The number of esters is 1. The van der Waals surface area contributed by atoms with E-state index in [9.17, 15) is 4.79 Å². The molecule has 0 spiro atoms. The summed E-state index contributed by atoms with van der Waals surface area (Å²) in [6, 6.07) is 7.16. The van der Waals surface area contributed by atoms with Crippen molar-refractivity contribution in [1.82, 2.24) is 10.2 Å². The fourth-order valence-corrected chi connectivity index (χ4v) is 1.95. The van der Waals surface area contributed by atoms with Gasteiger partial charge in [-0.15, -0.1) is 0 Å². The summed E-state index contributed by atoms with van der Waals surface area (Å²) in [6.45, 7) is 0. The Balaban J connectivity index is 2.42. The van der Waals surface area contributed by atoms with Crippen LogP contribution in [0.4, 0.5) is 0 Å². The molecule has 0 amide bonds. The Labute approximate surface area is 112 Å². The molecule has 5 nitrogen and oxygen atoms in total. The predicted molar refractivity (Wildman–Crippen MR) is 69.6 cm³/mol. The van der Waals surface area contributed by atoms with Crippen LogP contribution in [0.25, 0.3) is 11.3 Å². The number of nitrogens with zero attached hydrogens (tertiary/aromatic N) is 1. The highest BCUT2D eigenvalue weighted by Crippen LogP contribution is 2.30. The predicted octanol–water partition coefficient (Wildman–Crippen LogP) is 2.63. The van der Waals surface area contributed by atoms with Crippen LogP contribution in [0.1, 0.15) is 10.5 Å². The zero-order valence-corrected chi connectivity index (χ0v) is 11.4. The molecule has 0 saturated carbocycles. The van der Waals surface area contributed by atoms with Gasteiger partial charge in [0.1, 0.15) is 11.4 Å². The smallest absolute Gasteiger partial charge is 0.356 e. The summed E-state index contributed by atoms with van der Waals surface area (Å²) < 4.78 is 10.6. The number of hydrogen-bond donors (Lipinski definition) is 1. The Kier molecular flexibility index (Phi) is 3.66. The molecule has 0 bridgehead atoms. The van der Waals surface area contributed by atoms with Crippen molar-refractivity contribution in [2.45, 2.75) is 0 Å². The minimum absolute atomic E-state index is 0.308. The number of carbonyl (C=O) groups excluding carboxylic acids is 1. The highest BCUT2D eigenvalue weighted by atomic mass is 79.9. The van der Waals surface area contributed by atoms with Crippen molar-refractivity contribution in [3.8, 4) is 17.0 Å². The first-order chi connectivity index (χ1) is 8.65. The lowest BCUT2D eigenvalue weighted by Crippen LogP contribution is -2.00. The summed E-state index contributed by atoms with van der Waals surface area (Å²) in [5.74, 6) is 0.267. The molecule has 0 aliphatic carbocycles. The molecule has 0 saturated heterocycles. The molecule has 0 aliphatic rings. The topological polar surface area (TPSA) is 64.2 Å². The van der Waals surface area contributed by atoms with Gasteiger partial charge in [0.25, 0.3) is 0 Å². The van der Waals surface area contributed by atoms with Crippen molar-refractivity contribution in [1.29, 1.82) is 0 Å². The molecule has 1 aromatic carbocycles. The Hall–Kier alpha value is -1.82. The minimum atomic E-state index is -0.451. The molecule has 1 heterocycles. The average molecular weight is 311 g/mol. The summed E-state index contributed by atoms with van der Waals surface area (Å²) in [7, 11) is 2.92. The number of benzene rings is 1. The summed E-state index contributed by atoms with van der Waals surface area (Å²) in [5.41, 5.74) is 1.78. The van der Waals surface area contributed by atoms with Gasteiger partial charge >= 0.3 is 5.97 Å². The average Bonchev–Trinajstić information content (AvgIpc) is 2.88. The van der Waals surface area contributed by atoms with Crippen LogP contribution in [0.2, 0.25) is 0 Å². The van der Waals surface area contributed by atoms with Gasteiger partial charge in [0.2, 0.25) is 0 Å². The van der Waals surface area contributed by atoms with Gasteiger partial charge in [-0.1, -0.05) is 15.9 Å². The van der Waals surface area contributed by atoms with Crippen LogP contribution in [0.15, 0.2) is 28.7 Å². The van der Waals surface area contributed by atoms with Crippen molar-refractivity contribution in [3.63, 3.8) is 0 Å². The van der Waals surface area contributed by atoms with Crippen molar-refractivity contribution >= 4 is 21.9 Å². The Bertz CT molecular complexity index is 580. The SMILES string of the molecule is COC(=O)c1cc(-c2cc(OC)ccc2Br)n[nH]1. The molecule has 0 radical (unpaired) electrons. The van der Waals surface area contributed by atoms with E-state index in [4.69, 9.17) is 4.74 Å². The molecule has 0 unspecified atom stereocenters. The number of rotatable bonds is 3. The van der Waals surface area contributed by atoms with Crippen molar-refractivity contribution in [2.75, 3.05) is 14.2 Å². The second kappa shape index (κ2) is 5.22. The largest absolute Gasteiger partial charge is 0.497 e. The third-order valence-corrected chi connectivity index (χ3v) is 3.12. The van der Waals surface area contributed by atoms with Gasteiger partial charge in [-0.3, -0.25) is 5.10 Å². The molecule has 2 rings (SSSR count). The summed E-state index contributed by atoms with van der Waals surface area (Å²) in [5, 5.41) is 6.71. The Morgan fingerprint density at radius 1 is 1.33 bits per heavy atom. The number of nitrogens with one attached hydrogen (secondary N) is 1. The summed E-state index contributed by atoms with van der Waals surface area (Å²) >= 11 is 3.43. The van der Waals surface area contributed by atoms with Crippen LogP contribution in [0.3, 0.4) is 0 Å². The quantitative estimate of drug-likeness (QED) is 0.885. The van der Waals surface area contributed by atoms with E-state index < -0.39 is 5.97 Å². The van der Waals surface area contributed by atoms with Gasteiger partial charge in [0.15, 0.2) is 0 Å². The number of carbonyl (C=O) groups is 1. The molecule has 0 aliphatic heterocycles. The monoisotopic (exact) mass is 310 g/mol. The van der Waals surface area contributed by atoms with Gasteiger partial charge in [0, 0.05) is 10.0 Å². The highest BCUT2D eigenvalue weighted by molar-refractivity contribution is 9.10. The van der Waals surface area contributed by atoms with E-state index in [0.717, 1.165) is 15.8 Å². The fraction of sp³-hybridized carbons (Fsp3) is 0.167. The number of methoxy groups -OCH3 is 2. The maximum atomic E-state index is 11.3. The van der Waals surface area contributed by atoms with Gasteiger partial charge < -0.3 is 9.47 Å². The summed E-state index contributed by atoms with van der Waals surface area (Å²) in [6.07, 6.45) is 0. The minimum Gasteiger partial charge on any atom is -0.497 e. The van der Waals surface area contributed by atoms with E-state index in [1.54, 1.807) is 13.2 Å². The molecule has 1 aromatic heterocycles. The number of aromatic amines is 1. The van der Waals surface area contributed by atoms with Crippen LogP contribution < -0.4 is 4.74 Å². The third kappa shape index (κ3) is 2.38. The first-order valence-corrected chi connectivity index (χ1v) is 5.92. The number of halogens is 1. The number of H-pyrrole nitrogens is 1. The molecule has 0 fully saturated rings. The van der Waals surface area contributed by atoms with Crippen LogP contribution in [-0.4, -0.2) is 30.4 Å². The van der Waals surface area contributed by atoms with Gasteiger partial charge in [-0.2, -0.15) is 5.10 Å². The molecule has 94 valence electrons. The van der Waals surface area contributed by atoms with E-state index in [2.05, 4.69) is 30.9 Å². The lowest BCUT2D eigenvalue weighted by Gasteiger charge is -2.04. The third-order valence-electron chi connectivity index (χ3n) is 2.43. The van der Waals surface area contributed by atoms with Gasteiger partial charge in [-0.05, 0) is 24.3 Å². The normalized spacial score (nSPS) is 10.2. The molecular formula is C12H11BrN2O3. The van der Waals surface area contributed by atoms with Crippen molar-refractivity contribution in [3.05, 3.63) is 34.4 Å². The molecule has 18 heavy (non-hydrogen) atoms. The van der Waals surface area contributed by atoms with Gasteiger partial charge in [0.05, 0.1) is 19.9 Å². The zero-order chi connectivity index (χ0) is 13.1. The first-order valence-electron chi connectivity index (χ1n) is 5.13. The highest BCUT2D eigenvalue weighted by Gasteiger charge is 2.13. The van der Waals surface area contributed by atoms with Crippen LogP contribution in [0, 0.1) is 0 Å². The maximum Gasteiger partial charge on any atom is 0.356 e. The second-order valence-corrected chi connectivity index (χ2v) is 4.36. The molecule has 0 atom stereocenters. The first kappa shape index (κ1) is 12.6.